The van der Waals surface area contributed by atoms with Gasteiger partial charge in [-0.1, -0.05) is 41.9 Å². The zero-order valence-electron chi connectivity index (χ0n) is 11.8. The molecule has 0 spiro atoms. The van der Waals surface area contributed by atoms with E-state index >= 15 is 0 Å². The Labute approximate surface area is 129 Å². The van der Waals surface area contributed by atoms with Crippen molar-refractivity contribution in [2.45, 2.75) is 19.4 Å². The zero-order chi connectivity index (χ0) is 15.2. The molecule has 4 heteroatoms. The molecule has 1 amide bonds. The van der Waals surface area contributed by atoms with E-state index in [1.54, 1.807) is 18.2 Å². The Bertz CT molecular complexity index is 613. The topological polar surface area (TPSA) is 49.3 Å². The van der Waals surface area contributed by atoms with Crippen LogP contribution >= 0.6 is 11.6 Å². The lowest BCUT2D eigenvalue weighted by atomic mass is 10.1. The first-order valence-electron chi connectivity index (χ1n) is 6.82. The van der Waals surface area contributed by atoms with Gasteiger partial charge in [0.1, 0.15) is 0 Å². The van der Waals surface area contributed by atoms with E-state index in [-0.39, 0.29) is 18.6 Å². The predicted octanol–water partition coefficient (Wildman–Crippen LogP) is 2.98. The van der Waals surface area contributed by atoms with Crippen molar-refractivity contribution in [1.29, 1.82) is 0 Å². The van der Waals surface area contributed by atoms with Crippen molar-refractivity contribution in [3.8, 4) is 0 Å². The summed E-state index contributed by atoms with van der Waals surface area (Å²) in [4.78, 5) is 12.2. The summed E-state index contributed by atoms with van der Waals surface area (Å²) in [6, 6.07) is 14.6. The molecule has 0 aromatic heterocycles. The highest BCUT2D eigenvalue weighted by atomic mass is 35.5. The van der Waals surface area contributed by atoms with Crippen molar-refractivity contribution in [1.82, 2.24) is 5.32 Å². The van der Waals surface area contributed by atoms with E-state index in [1.165, 1.54) is 0 Å². The first kappa shape index (κ1) is 15.5. The summed E-state index contributed by atoms with van der Waals surface area (Å²) in [6.45, 7) is 1.75. The van der Waals surface area contributed by atoms with Crippen LogP contribution in [-0.4, -0.2) is 23.7 Å². The molecule has 2 aromatic rings. The maximum Gasteiger partial charge on any atom is 0.251 e. The van der Waals surface area contributed by atoms with Gasteiger partial charge in [-0.25, -0.2) is 0 Å². The van der Waals surface area contributed by atoms with Gasteiger partial charge >= 0.3 is 0 Å². The number of carbonyl (C=O) groups is 1. The quantitative estimate of drug-likeness (QED) is 0.892. The molecular formula is C17H18ClNO2. The molecule has 0 aliphatic heterocycles. The largest absolute Gasteiger partial charge is 0.394 e. The maximum atomic E-state index is 12.2. The van der Waals surface area contributed by atoms with E-state index in [2.05, 4.69) is 5.32 Å². The summed E-state index contributed by atoms with van der Waals surface area (Å²) in [5, 5.41) is 12.9. The van der Waals surface area contributed by atoms with Gasteiger partial charge in [-0.3, -0.25) is 4.79 Å². The van der Waals surface area contributed by atoms with E-state index in [0.29, 0.717) is 17.0 Å². The molecule has 0 saturated carbocycles. The molecule has 1 atom stereocenters. The molecule has 0 saturated heterocycles. The van der Waals surface area contributed by atoms with Crippen LogP contribution in [0.3, 0.4) is 0 Å². The summed E-state index contributed by atoms with van der Waals surface area (Å²) in [7, 11) is 0. The molecule has 0 aliphatic carbocycles. The van der Waals surface area contributed by atoms with Gasteiger partial charge in [0.05, 0.1) is 12.6 Å². The number of hydrogen-bond donors (Lipinski definition) is 2. The Hall–Kier alpha value is -1.84. The minimum absolute atomic E-state index is 0.104. The first-order chi connectivity index (χ1) is 10.1. The molecule has 110 valence electrons. The fraction of sp³-hybridized carbons (Fsp3) is 0.235. The molecule has 0 heterocycles. The number of nitrogens with one attached hydrogen (secondary N) is 1. The number of amides is 1. The van der Waals surface area contributed by atoms with E-state index in [1.807, 2.05) is 37.3 Å². The summed E-state index contributed by atoms with van der Waals surface area (Å²) in [5.41, 5.74) is 2.47. The normalized spacial score (nSPS) is 12.0. The minimum Gasteiger partial charge on any atom is -0.394 e. The van der Waals surface area contributed by atoms with Crippen LogP contribution in [0.15, 0.2) is 48.5 Å². The molecule has 0 fully saturated rings. The number of hydrogen-bond acceptors (Lipinski definition) is 2. The molecule has 2 rings (SSSR count). The lowest BCUT2D eigenvalue weighted by Gasteiger charge is -2.16. The zero-order valence-corrected chi connectivity index (χ0v) is 12.6. The van der Waals surface area contributed by atoms with Gasteiger partial charge in [-0.05, 0) is 42.7 Å². The van der Waals surface area contributed by atoms with Crippen molar-refractivity contribution < 1.29 is 9.90 Å². The highest BCUT2D eigenvalue weighted by Crippen LogP contribution is 2.16. The lowest BCUT2D eigenvalue weighted by molar-refractivity contribution is 0.0916. The van der Waals surface area contributed by atoms with Gasteiger partial charge in [0, 0.05) is 10.6 Å². The van der Waals surface area contributed by atoms with Gasteiger partial charge in [-0.15, -0.1) is 0 Å². The number of aliphatic hydroxyl groups excluding tert-OH is 1. The SMILES string of the molecule is Cc1cc(C(=O)NC(CO)Cc2ccccc2)ccc1Cl. The monoisotopic (exact) mass is 303 g/mol. The third kappa shape index (κ3) is 4.31. The Morgan fingerprint density at radius 1 is 1.24 bits per heavy atom. The lowest BCUT2D eigenvalue weighted by Crippen LogP contribution is -2.39. The van der Waals surface area contributed by atoms with Crippen LogP contribution in [0.2, 0.25) is 5.02 Å². The van der Waals surface area contributed by atoms with E-state index in [0.717, 1.165) is 11.1 Å². The van der Waals surface area contributed by atoms with Gasteiger partial charge in [0.25, 0.3) is 5.91 Å². The Kier molecular flexibility index (Phi) is 5.37. The van der Waals surface area contributed by atoms with Crippen molar-refractivity contribution in [2.75, 3.05) is 6.61 Å². The predicted molar refractivity (Wildman–Crippen MR) is 84.7 cm³/mol. The van der Waals surface area contributed by atoms with E-state index < -0.39 is 0 Å². The molecule has 2 N–H and O–H groups in total. The van der Waals surface area contributed by atoms with Crippen molar-refractivity contribution in [2.24, 2.45) is 0 Å². The molecular weight excluding hydrogens is 286 g/mol. The van der Waals surface area contributed by atoms with Crippen molar-refractivity contribution in [3.63, 3.8) is 0 Å². The van der Waals surface area contributed by atoms with Gasteiger partial charge in [0.15, 0.2) is 0 Å². The molecule has 2 aromatic carbocycles. The van der Waals surface area contributed by atoms with Crippen molar-refractivity contribution in [3.05, 3.63) is 70.2 Å². The van der Waals surface area contributed by atoms with Gasteiger partial charge in [0.2, 0.25) is 0 Å². The summed E-state index contributed by atoms with van der Waals surface area (Å²) < 4.78 is 0. The molecule has 3 nitrogen and oxygen atoms in total. The number of aryl methyl sites for hydroxylation is 1. The maximum absolute atomic E-state index is 12.2. The molecule has 1 unspecified atom stereocenters. The average molecular weight is 304 g/mol. The number of benzene rings is 2. The number of rotatable bonds is 5. The van der Waals surface area contributed by atoms with Crippen molar-refractivity contribution >= 4 is 17.5 Å². The van der Waals surface area contributed by atoms with Crippen LogP contribution < -0.4 is 5.32 Å². The molecule has 0 aliphatic rings. The number of carbonyl (C=O) groups excluding carboxylic acids is 1. The van der Waals surface area contributed by atoms with E-state index in [9.17, 15) is 9.90 Å². The van der Waals surface area contributed by atoms with Crippen LogP contribution in [0.4, 0.5) is 0 Å². The average Bonchev–Trinajstić information content (AvgIpc) is 2.50. The smallest absolute Gasteiger partial charge is 0.251 e. The number of halogens is 1. The summed E-state index contributed by atoms with van der Waals surface area (Å²) in [6.07, 6.45) is 0.593. The minimum atomic E-state index is -0.309. The second kappa shape index (κ2) is 7.25. The van der Waals surface area contributed by atoms with Crippen LogP contribution in [0, 0.1) is 6.92 Å². The molecule has 21 heavy (non-hydrogen) atoms. The summed E-state index contributed by atoms with van der Waals surface area (Å²) in [5.74, 6) is -0.204. The molecule has 0 bridgehead atoms. The van der Waals surface area contributed by atoms with Gasteiger partial charge < -0.3 is 10.4 Å². The third-order valence-corrected chi connectivity index (χ3v) is 3.72. The Morgan fingerprint density at radius 3 is 2.57 bits per heavy atom. The Balaban J connectivity index is 2.04. The fourth-order valence-corrected chi connectivity index (χ4v) is 2.23. The first-order valence-corrected chi connectivity index (χ1v) is 7.19. The van der Waals surface area contributed by atoms with Crippen LogP contribution in [0.1, 0.15) is 21.5 Å². The van der Waals surface area contributed by atoms with Crippen LogP contribution in [0.5, 0.6) is 0 Å². The fourth-order valence-electron chi connectivity index (χ4n) is 2.11. The standard InChI is InChI=1S/C17H18ClNO2/c1-12-9-14(7-8-16(12)18)17(21)19-15(11-20)10-13-5-3-2-4-6-13/h2-9,15,20H,10-11H2,1H3,(H,19,21). The Morgan fingerprint density at radius 2 is 1.95 bits per heavy atom. The van der Waals surface area contributed by atoms with E-state index in [4.69, 9.17) is 11.6 Å². The highest BCUT2D eigenvalue weighted by molar-refractivity contribution is 6.31. The second-order valence-electron chi connectivity index (χ2n) is 5.01. The van der Waals surface area contributed by atoms with Crippen LogP contribution in [0.25, 0.3) is 0 Å². The molecule has 0 radical (unpaired) electrons. The summed E-state index contributed by atoms with van der Waals surface area (Å²) >= 11 is 5.95. The third-order valence-electron chi connectivity index (χ3n) is 3.30. The second-order valence-corrected chi connectivity index (χ2v) is 5.41. The van der Waals surface area contributed by atoms with Crippen LogP contribution in [-0.2, 0) is 6.42 Å². The van der Waals surface area contributed by atoms with Gasteiger partial charge in [-0.2, -0.15) is 0 Å². The number of aliphatic hydroxyl groups is 1. The highest BCUT2D eigenvalue weighted by Gasteiger charge is 2.14.